The number of nitrogens with one attached hydrogen (secondary N) is 4. The number of aromatic nitrogens is 1. The maximum Gasteiger partial charge on any atom is 0.326 e. The summed E-state index contributed by atoms with van der Waals surface area (Å²) < 4.78 is 0. The Bertz CT molecular complexity index is 1240. The molecule has 0 spiro atoms. The fourth-order valence-corrected chi connectivity index (χ4v) is 4.63. The van der Waals surface area contributed by atoms with Crippen LogP contribution >= 0.6 is 0 Å². The summed E-state index contributed by atoms with van der Waals surface area (Å²) in [5.74, 6) is -3.33. The van der Waals surface area contributed by atoms with Gasteiger partial charge in [0.2, 0.25) is 17.7 Å². The van der Waals surface area contributed by atoms with Crippen LogP contribution in [-0.2, 0) is 25.6 Å². The predicted octanol–water partition coefficient (Wildman–Crippen LogP) is -0.195. The van der Waals surface area contributed by atoms with Crippen LogP contribution in [0.2, 0.25) is 0 Å². The van der Waals surface area contributed by atoms with Gasteiger partial charge in [-0.2, -0.15) is 0 Å². The van der Waals surface area contributed by atoms with Crippen molar-refractivity contribution in [3.8, 4) is 0 Å². The van der Waals surface area contributed by atoms with Gasteiger partial charge in [0.05, 0.1) is 6.04 Å². The number of carbonyl (C=O) groups excluding carboxylic acids is 3. The second kappa shape index (κ2) is 17.7. The number of carboxylic acids is 1. The van der Waals surface area contributed by atoms with E-state index in [1.165, 1.54) is 0 Å². The molecule has 2 aromatic rings. The van der Waals surface area contributed by atoms with Gasteiger partial charge in [-0.1, -0.05) is 38.5 Å². The third kappa shape index (κ3) is 11.2. The summed E-state index contributed by atoms with van der Waals surface area (Å²) >= 11 is 0. The zero-order valence-electron chi connectivity index (χ0n) is 25.0. The number of aromatic amines is 1. The van der Waals surface area contributed by atoms with Crippen LogP contribution in [0.1, 0.15) is 57.9 Å². The van der Waals surface area contributed by atoms with E-state index < -0.39 is 47.9 Å². The van der Waals surface area contributed by atoms with Gasteiger partial charge in [0.1, 0.15) is 18.1 Å². The first-order chi connectivity index (χ1) is 20.5. The number of amides is 3. The van der Waals surface area contributed by atoms with E-state index >= 15 is 0 Å². The highest BCUT2D eigenvalue weighted by molar-refractivity contribution is 5.95. The normalized spacial score (nSPS) is 14.6. The van der Waals surface area contributed by atoms with Crippen molar-refractivity contribution < 1.29 is 24.3 Å². The summed E-state index contributed by atoms with van der Waals surface area (Å²) in [6, 6.07) is 3.35. The zero-order chi connectivity index (χ0) is 31.9. The molecule has 3 amide bonds. The molecule has 5 atom stereocenters. The van der Waals surface area contributed by atoms with E-state index in [4.69, 9.17) is 22.9 Å². The predicted molar refractivity (Wildman–Crippen MR) is 166 cm³/mol. The Kier molecular flexibility index (Phi) is 14.4. The molecule has 0 aliphatic rings. The number of aliphatic carboxylic acids is 1. The first-order valence-corrected chi connectivity index (χ1v) is 14.7. The Morgan fingerprint density at radius 1 is 0.953 bits per heavy atom. The number of unbranched alkanes of at least 4 members (excludes halogenated alkanes) is 1. The molecule has 0 fully saturated rings. The highest BCUT2D eigenvalue weighted by Crippen LogP contribution is 2.20. The number of hydrogen-bond acceptors (Lipinski definition) is 7. The van der Waals surface area contributed by atoms with Gasteiger partial charge in [-0.3, -0.25) is 19.4 Å². The first-order valence-electron chi connectivity index (χ1n) is 14.7. The third-order valence-corrected chi connectivity index (χ3v) is 7.39. The molecular weight excluding hydrogens is 554 g/mol. The van der Waals surface area contributed by atoms with Crippen molar-refractivity contribution in [1.29, 1.82) is 0 Å². The van der Waals surface area contributed by atoms with E-state index in [9.17, 15) is 24.3 Å². The van der Waals surface area contributed by atoms with Gasteiger partial charge < -0.3 is 49.0 Å². The van der Waals surface area contributed by atoms with Gasteiger partial charge in [-0.15, -0.1) is 0 Å². The Hall–Kier alpha value is -4.17. The van der Waals surface area contributed by atoms with Crippen molar-refractivity contribution in [2.24, 2.45) is 33.8 Å². The SMILES string of the molecule is CCC(C)C(NC(=O)C(Cc1c[nH]c2ccccc12)NC(=O)C(CCCCN)NC(=O)C(N)CCCN=C(N)N)C(=O)O. The van der Waals surface area contributed by atoms with E-state index in [2.05, 4.69) is 25.9 Å². The van der Waals surface area contributed by atoms with Gasteiger partial charge in [-0.25, -0.2) is 4.79 Å². The van der Waals surface area contributed by atoms with Crippen molar-refractivity contribution in [1.82, 2.24) is 20.9 Å². The maximum atomic E-state index is 13.6. The Morgan fingerprint density at radius 2 is 1.63 bits per heavy atom. The molecule has 0 radical (unpaired) electrons. The molecular formula is C29H47N9O5. The molecule has 14 nitrogen and oxygen atoms in total. The highest BCUT2D eigenvalue weighted by Gasteiger charge is 2.32. The molecule has 2 rings (SSSR count). The summed E-state index contributed by atoms with van der Waals surface area (Å²) in [5, 5.41) is 18.7. The molecule has 1 heterocycles. The lowest BCUT2D eigenvalue weighted by atomic mass is 9.97. The average Bonchev–Trinajstić information content (AvgIpc) is 3.38. The van der Waals surface area contributed by atoms with Gasteiger partial charge in [0, 0.05) is 30.1 Å². The molecule has 1 aromatic carbocycles. The lowest BCUT2D eigenvalue weighted by molar-refractivity contribution is -0.143. The Labute approximate surface area is 251 Å². The van der Waals surface area contributed by atoms with Gasteiger partial charge in [0.25, 0.3) is 0 Å². The largest absolute Gasteiger partial charge is 0.480 e. The lowest BCUT2D eigenvalue weighted by Crippen LogP contribution is -2.58. The molecule has 0 aliphatic carbocycles. The molecule has 1 aromatic heterocycles. The van der Waals surface area contributed by atoms with Crippen LogP contribution in [0.4, 0.5) is 0 Å². The standard InChI is InChI=1S/C29H47N9O5/c1-3-17(2)24(28(42)43)38-27(41)23(15-18-16-35-21-11-5-4-9-19(18)21)37-26(40)22(12-6-7-13-30)36-25(39)20(31)10-8-14-34-29(32)33/h4-5,9,11,16-17,20,22-24,35H,3,6-8,10,12-15,30-31H2,1-2H3,(H,36,39)(H,37,40)(H,38,41)(H,42,43)(H4,32,33,34). The van der Waals surface area contributed by atoms with Crippen LogP contribution in [0.25, 0.3) is 10.9 Å². The summed E-state index contributed by atoms with van der Waals surface area (Å²) in [6.07, 6.45) is 4.55. The number of guanidine groups is 1. The molecule has 0 saturated carbocycles. The van der Waals surface area contributed by atoms with E-state index in [0.29, 0.717) is 38.8 Å². The van der Waals surface area contributed by atoms with Crippen molar-refractivity contribution >= 4 is 40.6 Å². The van der Waals surface area contributed by atoms with E-state index in [1.54, 1.807) is 13.1 Å². The van der Waals surface area contributed by atoms with Crippen molar-refractivity contribution in [2.45, 2.75) is 83.0 Å². The van der Waals surface area contributed by atoms with Crippen molar-refractivity contribution in [3.63, 3.8) is 0 Å². The van der Waals surface area contributed by atoms with Crippen LogP contribution in [-0.4, -0.2) is 77.0 Å². The number of benzene rings is 1. The lowest BCUT2D eigenvalue weighted by Gasteiger charge is -2.26. The quantitative estimate of drug-likeness (QED) is 0.0586. The monoisotopic (exact) mass is 601 g/mol. The molecule has 238 valence electrons. The Balaban J connectivity index is 2.27. The van der Waals surface area contributed by atoms with Gasteiger partial charge >= 0.3 is 5.97 Å². The number of hydrogen-bond donors (Lipinski definition) is 9. The minimum absolute atomic E-state index is 0.0558. The Morgan fingerprint density at radius 3 is 2.28 bits per heavy atom. The summed E-state index contributed by atoms with van der Waals surface area (Å²) in [6.45, 7) is 4.28. The molecule has 14 heteroatoms. The molecule has 13 N–H and O–H groups in total. The number of para-hydroxylation sites is 1. The topological polar surface area (TPSA) is 257 Å². The molecule has 0 bridgehead atoms. The number of rotatable bonds is 19. The zero-order valence-corrected chi connectivity index (χ0v) is 25.0. The van der Waals surface area contributed by atoms with Crippen LogP contribution in [0.5, 0.6) is 0 Å². The summed E-state index contributed by atoms with van der Waals surface area (Å²) in [4.78, 5) is 59.0. The maximum absolute atomic E-state index is 13.6. The third-order valence-electron chi connectivity index (χ3n) is 7.39. The summed E-state index contributed by atoms with van der Waals surface area (Å²) in [7, 11) is 0. The number of carbonyl (C=O) groups is 4. The minimum Gasteiger partial charge on any atom is -0.480 e. The molecule has 5 unspecified atom stereocenters. The number of nitrogens with two attached hydrogens (primary N) is 4. The summed E-state index contributed by atoms with van der Waals surface area (Å²) in [5.41, 5.74) is 24.0. The number of aliphatic imine (C=N–C) groups is 1. The van der Waals surface area contributed by atoms with E-state index in [-0.39, 0.29) is 31.1 Å². The molecule has 0 aliphatic heterocycles. The second-order valence-corrected chi connectivity index (χ2v) is 10.7. The van der Waals surface area contributed by atoms with Crippen LogP contribution < -0.4 is 38.9 Å². The fourth-order valence-electron chi connectivity index (χ4n) is 4.63. The van der Waals surface area contributed by atoms with Crippen molar-refractivity contribution in [2.75, 3.05) is 13.1 Å². The van der Waals surface area contributed by atoms with Gasteiger partial charge in [-0.05, 0) is 56.2 Å². The van der Waals surface area contributed by atoms with E-state index in [0.717, 1.165) is 16.5 Å². The van der Waals surface area contributed by atoms with Crippen LogP contribution in [0.15, 0.2) is 35.5 Å². The number of carboxylic acid groups (broad SMARTS) is 1. The number of nitrogens with zero attached hydrogens (tertiary/aromatic N) is 1. The molecule has 0 saturated heterocycles. The smallest absolute Gasteiger partial charge is 0.326 e. The van der Waals surface area contributed by atoms with E-state index in [1.807, 2.05) is 31.2 Å². The fraction of sp³-hybridized carbons (Fsp3) is 0.552. The average molecular weight is 602 g/mol. The highest BCUT2D eigenvalue weighted by atomic mass is 16.4. The van der Waals surface area contributed by atoms with Crippen molar-refractivity contribution in [3.05, 3.63) is 36.0 Å². The van der Waals surface area contributed by atoms with Crippen LogP contribution in [0.3, 0.4) is 0 Å². The number of fused-ring (bicyclic) bond motifs is 1. The molecule has 43 heavy (non-hydrogen) atoms. The number of H-pyrrole nitrogens is 1. The minimum atomic E-state index is -1.17. The first kappa shape index (κ1) is 35.0. The van der Waals surface area contributed by atoms with Gasteiger partial charge in [0.15, 0.2) is 5.96 Å². The second-order valence-electron chi connectivity index (χ2n) is 10.7. The van der Waals surface area contributed by atoms with Crippen LogP contribution in [0, 0.1) is 5.92 Å².